The number of benzene rings is 2. The largest absolute Gasteiger partial charge is 0.489 e. The number of thiophene rings is 1. The Bertz CT molecular complexity index is 881. The van der Waals surface area contributed by atoms with E-state index in [1.165, 1.54) is 11.3 Å². The number of ether oxygens (including phenoxy) is 2. The minimum atomic E-state index is -0.442. The van der Waals surface area contributed by atoms with Crippen molar-refractivity contribution in [3.8, 4) is 11.5 Å². The lowest BCUT2D eigenvalue weighted by atomic mass is 10.2. The Labute approximate surface area is 167 Å². The van der Waals surface area contributed by atoms with Crippen molar-refractivity contribution < 1.29 is 19.1 Å². The molecule has 0 atom stereocenters. The molecule has 0 fully saturated rings. The standard InChI is InChI=1S/C21H20N2O4S/c24-20(12-17-10-11-28-15-17)22-23-21(25)14-27-19-8-6-18(7-9-19)26-13-16-4-2-1-3-5-16/h1-11,15H,12-14H2,(H,22,24)(H,23,25). The maximum atomic E-state index is 11.8. The first-order valence-corrected chi connectivity index (χ1v) is 9.62. The first-order valence-electron chi connectivity index (χ1n) is 8.67. The van der Waals surface area contributed by atoms with Crippen molar-refractivity contribution in [1.29, 1.82) is 0 Å². The summed E-state index contributed by atoms with van der Waals surface area (Å²) in [7, 11) is 0. The van der Waals surface area contributed by atoms with Crippen LogP contribution in [0, 0.1) is 0 Å². The fraction of sp³-hybridized carbons (Fsp3) is 0.143. The van der Waals surface area contributed by atoms with Gasteiger partial charge in [0.15, 0.2) is 6.61 Å². The van der Waals surface area contributed by atoms with Crippen LogP contribution in [0.2, 0.25) is 0 Å². The van der Waals surface area contributed by atoms with Gasteiger partial charge in [-0.25, -0.2) is 0 Å². The first-order chi connectivity index (χ1) is 13.7. The van der Waals surface area contributed by atoms with Gasteiger partial charge in [-0.15, -0.1) is 0 Å². The Morgan fingerprint density at radius 2 is 1.46 bits per heavy atom. The summed E-state index contributed by atoms with van der Waals surface area (Å²) in [5.74, 6) is 0.517. The predicted octanol–water partition coefficient (Wildman–Crippen LogP) is 3.10. The van der Waals surface area contributed by atoms with Crippen LogP contribution in [0.15, 0.2) is 71.4 Å². The normalized spacial score (nSPS) is 10.1. The van der Waals surface area contributed by atoms with E-state index in [0.29, 0.717) is 18.1 Å². The number of hydrazine groups is 1. The third-order valence-electron chi connectivity index (χ3n) is 3.73. The zero-order chi connectivity index (χ0) is 19.6. The molecule has 3 rings (SSSR count). The van der Waals surface area contributed by atoms with Gasteiger partial charge in [0.05, 0.1) is 6.42 Å². The second-order valence-electron chi connectivity index (χ2n) is 5.94. The first kappa shape index (κ1) is 19.4. The summed E-state index contributed by atoms with van der Waals surface area (Å²) in [5.41, 5.74) is 6.68. The van der Waals surface area contributed by atoms with E-state index < -0.39 is 5.91 Å². The average Bonchev–Trinajstić information content (AvgIpc) is 3.23. The van der Waals surface area contributed by atoms with Crippen LogP contribution in [-0.2, 0) is 22.6 Å². The van der Waals surface area contributed by atoms with Gasteiger partial charge < -0.3 is 9.47 Å². The number of amides is 2. The van der Waals surface area contributed by atoms with Crippen LogP contribution in [0.1, 0.15) is 11.1 Å². The number of hydrogen-bond acceptors (Lipinski definition) is 5. The zero-order valence-corrected chi connectivity index (χ0v) is 15.9. The van der Waals surface area contributed by atoms with E-state index in [-0.39, 0.29) is 18.9 Å². The maximum absolute atomic E-state index is 11.8. The molecule has 0 aliphatic rings. The van der Waals surface area contributed by atoms with Crippen LogP contribution in [-0.4, -0.2) is 18.4 Å². The molecule has 144 valence electrons. The van der Waals surface area contributed by atoms with Crippen LogP contribution in [0.25, 0.3) is 0 Å². The third kappa shape index (κ3) is 6.44. The lowest BCUT2D eigenvalue weighted by Gasteiger charge is -2.10. The van der Waals surface area contributed by atoms with Gasteiger partial charge in [-0.2, -0.15) is 11.3 Å². The SMILES string of the molecule is O=C(COc1ccc(OCc2ccccc2)cc1)NNC(=O)Cc1ccsc1. The average molecular weight is 396 g/mol. The fourth-order valence-electron chi connectivity index (χ4n) is 2.32. The highest BCUT2D eigenvalue weighted by Gasteiger charge is 2.07. The highest BCUT2D eigenvalue weighted by molar-refractivity contribution is 7.08. The molecule has 0 aliphatic heterocycles. The van der Waals surface area contributed by atoms with Crippen molar-refractivity contribution in [2.24, 2.45) is 0 Å². The highest BCUT2D eigenvalue weighted by atomic mass is 32.1. The number of rotatable bonds is 8. The molecule has 1 aromatic heterocycles. The van der Waals surface area contributed by atoms with Crippen LogP contribution < -0.4 is 20.3 Å². The fourth-order valence-corrected chi connectivity index (χ4v) is 2.99. The van der Waals surface area contributed by atoms with Gasteiger partial charge in [-0.05, 0) is 52.2 Å². The summed E-state index contributed by atoms with van der Waals surface area (Å²) in [5, 5.41) is 3.78. The van der Waals surface area contributed by atoms with Crippen molar-refractivity contribution in [2.75, 3.05) is 6.61 Å². The van der Waals surface area contributed by atoms with Crippen LogP contribution in [0.5, 0.6) is 11.5 Å². The van der Waals surface area contributed by atoms with Gasteiger partial charge in [0.2, 0.25) is 5.91 Å². The molecule has 0 unspecified atom stereocenters. The smallest absolute Gasteiger partial charge is 0.276 e. The summed E-state index contributed by atoms with van der Waals surface area (Å²) in [6.45, 7) is 0.275. The Morgan fingerprint density at radius 1 is 0.786 bits per heavy atom. The second-order valence-corrected chi connectivity index (χ2v) is 6.72. The van der Waals surface area contributed by atoms with E-state index in [2.05, 4.69) is 10.9 Å². The van der Waals surface area contributed by atoms with Crippen molar-refractivity contribution in [2.45, 2.75) is 13.0 Å². The van der Waals surface area contributed by atoms with Gasteiger partial charge in [-0.3, -0.25) is 20.4 Å². The molecule has 2 N–H and O–H groups in total. The maximum Gasteiger partial charge on any atom is 0.276 e. The molecule has 2 amide bonds. The summed E-state index contributed by atoms with van der Waals surface area (Å²) in [6, 6.07) is 18.7. The van der Waals surface area contributed by atoms with Crippen LogP contribution in [0.4, 0.5) is 0 Å². The van der Waals surface area contributed by atoms with Crippen molar-refractivity contribution in [3.05, 3.63) is 82.6 Å². The third-order valence-corrected chi connectivity index (χ3v) is 4.46. The van der Waals surface area contributed by atoms with Gasteiger partial charge in [-0.1, -0.05) is 30.3 Å². The van der Waals surface area contributed by atoms with E-state index >= 15 is 0 Å². The lowest BCUT2D eigenvalue weighted by Crippen LogP contribution is -2.44. The monoisotopic (exact) mass is 396 g/mol. The van der Waals surface area contributed by atoms with E-state index in [1.54, 1.807) is 24.3 Å². The predicted molar refractivity (Wildman–Crippen MR) is 107 cm³/mol. The molecule has 0 radical (unpaired) electrons. The van der Waals surface area contributed by atoms with Gasteiger partial charge in [0, 0.05) is 0 Å². The second kappa shape index (κ2) is 10.1. The molecule has 7 heteroatoms. The zero-order valence-electron chi connectivity index (χ0n) is 15.1. The van der Waals surface area contributed by atoms with Crippen molar-refractivity contribution in [1.82, 2.24) is 10.9 Å². The van der Waals surface area contributed by atoms with E-state index in [9.17, 15) is 9.59 Å². The Morgan fingerprint density at radius 3 is 2.14 bits per heavy atom. The van der Waals surface area contributed by atoms with Crippen molar-refractivity contribution in [3.63, 3.8) is 0 Å². The molecule has 0 saturated carbocycles. The minimum Gasteiger partial charge on any atom is -0.489 e. The molecule has 6 nitrogen and oxygen atoms in total. The molecule has 28 heavy (non-hydrogen) atoms. The lowest BCUT2D eigenvalue weighted by molar-refractivity contribution is -0.129. The Hall–Kier alpha value is -3.32. The minimum absolute atomic E-state index is 0.205. The van der Waals surface area contributed by atoms with E-state index in [1.807, 2.05) is 47.2 Å². The summed E-state index contributed by atoms with van der Waals surface area (Å²) >= 11 is 1.52. The highest BCUT2D eigenvalue weighted by Crippen LogP contribution is 2.18. The van der Waals surface area contributed by atoms with Gasteiger partial charge in [0.1, 0.15) is 18.1 Å². The quantitative estimate of drug-likeness (QED) is 0.574. The summed E-state index contributed by atoms with van der Waals surface area (Å²) in [4.78, 5) is 23.5. The van der Waals surface area contributed by atoms with Gasteiger partial charge >= 0.3 is 0 Å². The molecule has 0 spiro atoms. The van der Waals surface area contributed by atoms with Crippen molar-refractivity contribution >= 4 is 23.2 Å². The Kier molecular flexibility index (Phi) is 7.03. The van der Waals surface area contributed by atoms with E-state index in [4.69, 9.17) is 9.47 Å². The number of hydrogen-bond donors (Lipinski definition) is 2. The molecule has 1 heterocycles. The van der Waals surface area contributed by atoms with Crippen LogP contribution in [0.3, 0.4) is 0 Å². The van der Waals surface area contributed by atoms with Crippen LogP contribution >= 0.6 is 11.3 Å². The molecular weight excluding hydrogens is 376 g/mol. The number of carbonyl (C=O) groups excluding carboxylic acids is 2. The molecule has 3 aromatic rings. The molecule has 0 bridgehead atoms. The Balaban J connectivity index is 1.35. The molecule has 0 aliphatic carbocycles. The number of carbonyl (C=O) groups is 2. The topological polar surface area (TPSA) is 76.7 Å². The number of nitrogens with one attached hydrogen (secondary N) is 2. The molecule has 2 aromatic carbocycles. The molecular formula is C21H20N2O4S. The molecule has 0 saturated heterocycles. The summed E-state index contributed by atoms with van der Waals surface area (Å²) in [6.07, 6.45) is 0.217. The van der Waals surface area contributed by atoms with Gasteiger partial charge in [0.25, 0.3) is 5.91 Å². The summed E-state index contributed by atoms with van der Waals surface area (Å²) < 4.78 is 11.1. The van der Waals surface area contributed by atoms with E-state index in [0.717, 1.165) is 11.1 Å².